The van der Waals surface area contributed by atoms with Crippen molar-refractivity contribution in [2.75, 3.05) is 12.3 Å². The fraction of sp³-hybridized carbons (Fsp3) is 0.231. The van der Waals surface area contributed by atoms with Gasteiger partial charge in [-0.1, -0.05) is 29.8 Å². The van der Waals surface area contributed by atoms with Crippen molar-refractivity contribution in [3.05, 3.63) is 46.9 Å². The van der Waals surface area contributed by atoms with Crippen molar-refractivity contribution < 1.29 is 9.53 Å². The van der Waals surface area contributed by atoms with Gasteiger partial charge in [0.1, 0.15) is 5.82 Å². The van der Waals surface area contributed by atoms with Crippen LogP contribution in [-0.4, -0.2) is 22.1 Å². The van der Waals surface area contributed by atoms with E-state index in [9.17, 15) is 4.79 Å². The van der Waals surface area contributed by atoms with Crippen LogP contribution >= 0.6 is 11.6 Å². The third-order valence-electron chi connectivity index (χ3n) is 2.65. The number of esters is 1. The number of benzene rings is 1. The number of nitrogen functional groups attached to an aromatic ring is 1. The molecular formula is C13H14ClN3O2. The van der Waals surface area contributed by atoms with Gasteiger partial charge in [0.05, 0.1) is 19.5 Å². The number of ether oxygens (including phenoxy) is 1. The summed E-state index contributed by atoms with van der Waals surface area (Å²) < 4.78 is 6.54. The van der Waals surface area contributed by atoms with Gasteiger partial charge in [-0.15, -0.1) is 0 Å². The van der Waals surface area contributed by atoms with Gasteiger partial charge in [0.15, 0.2) is 5.69 Å². The molecule has 6 heteroatoms. The van der Waals surface area contributed by atoms with Gasteiger partial charge in [0.2, 0.25) is 0 Å². The third-order valence-corrected chi connectivity index (χ3v) is 3.01. The number of nitrogens with two attached hydrogens (primary N) is 1. The Morgan fingerprint density at radius 2 is 2.21 bits per heavy atom. The number of rotatable bonds is 4. The molecule has 1 heterocycles. The summed E-state index contributed by atoms with van der Waals surface area (Å²) in [5, 5.41) is 0.647. The van der Waals surface area contributed by atoms with Crippen LogP contribution < -0.4 is 5.73 Å². The lowest BCUT2D eigenvalue weighted by atomic mass is 10.2. The molecule has 2 rings (SSSR count). The Balaban J connectivity index is 2.23. The first-order valence-corrected chi connectivity index (χ1v) is 6.22. The first kappa shape index (κ1) is 13.4. The zero-order valence-electron chi connectivity index (χ0n) is 10.5. The number of carbonyl (C=O) groups is 1. The second kappa shape index (κ2) is 5.75. The molecule has 2 aromatic rings. The zero-order valence-corrected chi connectivity index (χ0v) is 11.2. The van der Waals surface area contributed by atoms with Crippen molar-refractivity contribution in [3.8, 4) is 0 Å². The lowest BCUT2D eigenvalue weighted by Gasteiger charge is -2.07. The summed E-state index contributed by atoms with van der Waals surface area (Å²) in [4.78, 5) is 15.6. The van der Waals surface area contributed by atoms with Crippen molar-refractivity contribution in [3.63, 3.8) is 0 Å². The maximum Gasteiger partial charge on any atom is 0.360 e. The smallest absolute Gasteiger partial charge is 0.360 e. The molecule has 5 nitrogen and oxygen atoms in total. The number of halogens is 1. The van der Waals surface area contributed by atoms with Gasteiger partial charge < -0.3 is 15.0 Å². The van der Waals surface area contributed by atoms with Crippen LogP contribution in [0.4, 0.5) is 5.82 Å². The van der Waals surface area contributed by atoms with Crippen LogP contribution in [0, 0.1) is 0 Å². The lowest BCUT2D eigenvalue weighted by Crippen LogP contribution is -2.10. The van der Waals surface area contributed by atoms with Gasteiger partial charge in [-0.2, -0.15) is 0 Å². The second-order valence-electron chi connectivity index (χ2n) is 3.92. The summed E-state index contributed by atoms with van der Waals surface area (Å²) in [6, 6.07) is 7.44. The van der Waals surface area contributed by atoms with E-state index in [1.54, 1.807) is 17.6 Å². The van der Waals surface area contributed by atoms with Crippen molar-refractivity contribution in [2.45, 2.75) is 13.5 Å². The highest BCUT2D eigenvalue weighted by Gasteiger charge is 2.17. The van der Waals surface area contributed by atoms with Gasteiger partial charge in [-0.05, 0) is 18.6 Å². The molecule has 0 radical (unpaired) electrons. The SMILES string of the molecule is CCOC(=O)c1ncn(Cc2ccccc2Cl)c1N. The van der Waals surface area contributed by atoms with Crippen molar-refractivity contribution >= 4 is 23.4 Å². The average molecular weight is 280 g/mol. The quantitative estimate of drug-likeness (QED) is 0.872. The van der Waals surface area contributed by atoms with Crippen molar-refractivity contribution in [1.82, 2.24) is 9.55 Å². The molecule has 19 heavy (non-hydrogen) atoms. The van der Waals surface area contributed by atoms with E-state index in [-0.39, 0.29) is 18.1 Å². The Morgan fingerprint density at radius 1 is 1.47 bits per heavy atom. The molecular weight excluding hydrogens is 266 g/mol. The van der Waals surface area contributed by atoms with E-state index in [2.05, 4.69) is 4.98 Å². The summed E-state index contributed by atoms with van der Waals surface area (Å²) in [5.41, 5.74) is 6.93. The predicted octanol–water partition coefficient (Wildman–Crippen LogP) is 2.34. The molecule has 0 aliphatic carbocycles. The Labute approximate surface area is 116 Å². The first-order chi connectivity index (χ1) is 9.13. The van der Waals surface area contributed by atoms with Crippen LogP contribution in [0.3, 0.4) is 0 Å². The van der Waals surface area contributed by atoms with Crippen LogP contribution in [0.5, 0.6) is 0 Å². The summed E-state index contributed by atoms with van der Waals surface area (Å²) in [7, 11) is 0. The Bertz CT molecular complexity index is 595. The minimum absolute atomic E-state index is 0.133. The molecule has 0 atom stereocenters. The number of anilines is 1. The fourth-order valence-electron chi connectivity index (χ4n) is 1.68. The van der Waals surface area contributed by atoms with Crippen LogP contribution in [0.15, 0.2) is 30.6 Å². The molecule has 0 fully saturated rings. The number of imidazole rings is 1. The number of nitrogens with zero attached hydrogens (tertiary/aromatic N) is 2. The molecule has 100 valence electrons. The Hall–Kier alpha value is -2.01. The molecule has 0 spiro atoms. The fourth-order valence-corrected chi connectivity index (χ4v) is 1.88. The van der Waals surface area contributed by atoms with Crippen molar-refractivity contribution in [1.29, 1.82) is 0 Å². The summed E-state index contributed by atoms with van der Waals surface area (Å²) in [6.45, 7) is 2.47. The topological polar surface area (TPSA) is 70.1 Å². The molecule has 0 amide bonds. The number of carbonyl (C=O) groups excluding carboxylic acids is 1. The first-order valence-electron chi connectivity index (χ1n) is 5.84. The van der Waals surface area contributed by atoms with E-state index in [1.165, 1.54) is 6.33 Å². The van der Waals surface area contributed by atoms with E-state index < -0.39 is 5.97 Å². The molecule has 0 bridgehead atoms. The molecule has 0 unspecified atom stereocenters. The summed E-state index contributed by atoms with van der Waals surface area (Å²) >= 11 is 6.08. The maximum atomic E-state index is 11.6. The van der Waals surface area contributed by atoms with E-state index in [4.69, 9.17) is 22.1 Å². The Kier molecular flexibility index (Phi) is 4.06. The highest BCUT2D eigenvalue weighted by Crippen LogP contribution is 2.19. The van der Waals surface area contributed by atoms with E-state index in [0.29, 0.717) is 11.6 Å². The summed E-state index contributed by atoms with van der Waals surface area (Å²) in [6.07, 6.45) is 1.50. The third kappa shape index (κ3) is 2.88. The van der Waals surface area contributed by atoms with E-state index >= 15 is 0 Å². The Morgan fingerprint density at radius 3 is 2.89 bits per heavy atom. The number of hydrogen-bond acceptors (Lipinski definition) is 4. The van der Waals surface area contributed by atoms with Crippen LogP contribution in [0.25, 0.3) is 0 Å². The molecule has 0 aliphatic rings. The normalized spacial score (nSPS) is 10.4. The maximum absolute atomic E-state index is 11.6. The molecule has 0 saturated heterocycles. The molecule has 0 aliphatic heterocycles. The number of hydrogen-bond donors (Lipinski definition) is 1. The molecule has 2 N–H and O–H groups in total. The zero-order chi connectivity index (χ0) is 13.8. The van der Waals surface area contributed by atoms with E-state index in [0.717, 1.165) is 5.56 Å². The standard InChI is InChI=1S/C13H14ClN3O2/c1-2-19-13(18)11-12(15)17(8-16-11)7-9-5-3-4-6-10(9)14/h3-6,8H,2,7,15H2,1H3. The predicted molar refractivity (Wildman–Crippen MR) is 73.1 cm³/mol. The summed E-state index contributed by atoms with van der Waals surface area (Å²) in [5.74, 6) is -0.240. The average Bonchev–Trinajstić information content (AvgIpc) is 2.74. The number of aromatic nitrogens is 2. The van der Waals surface area contributed by atoms with Crippen LogP contribution in [0.2, 0.25) is 5.02 Å². The van der Waals surface area contributed by atoms with Gasteiger partial charge in [-0.25, -0.2) is 9.78 Å². The lowest BCUT2D eigenvalue weighted by molar-refractivity contribution is 0.0521. The van der Waals surface area contributed by atoms with Crippen LogP contribution in [0.1, 0.15) is 23.0 Å². The second-order valence-corrected chi connectivity index (χ2v) is 4.33. The van der Waals surface area contributed by atoms with Gasteiger partial charge >= 0.3 is 5.97 Å². The van der Waals surface area contributed by atoms with Gasteiger partial charge in [-0.3, -0.25) is 0 Å². The van der Waals surface area contributed by atoms with Crippen LogP contribution in [-0.2, 0) is 11.3 Å². The monoisotopic (exact) mass is 279 g/mol. The largest absolute Gasteiger partial charge is 0.461 e. The van der Waals surface area contributed by atoms with Gasteiger partial charge in [0, 0.05) is 5.02 Å². The van der Waals surface area contributed by atoms with Crippen molar-refractivity contribution in [2.24, 2.45) is 0 Å². The molecule has 1 aromatic carbocycles. The highest BCUT2D eigenvalue weighted by atomic mass is 35.5. The minimum Gasteiger partial charge on any atom is -0.461 e. The van der Waals surface area contributed by atoms with E-state index in [1.807, 2.05) is 18.2 Å². The highest BCUT2D eigenvalue weighted by molar-refractivity contribution is 6.31. The minimum atomic E-state index is -0.516. The molecule has 0 saturated carbocycles. The molecule has 1 aromatic heterocycles. The van der Waals surface area contributed by atoms with Gasteiger partial charge in [0.25, 0.3) is 0 Å².